The Kier molecular flexibility index (Phi) is 6.44. The van der Waals surface area contributed by atoms with Crippen molar-refractivity contribution in [3.8, 4) is 5.75 Å². The largest absolute Gasteiger partial charge is 0.508 e. The van der Waals surface area contributed by atoms with Gasteiger partial charge in [-0.1, -0.05) is 13.0 Å². The summed E-state index contributed by atoms with van der Waals surface area (Å²) in [4.78, 5) is 51.7. The van der Waals surface area contributed by atoms with Crippen molar-refractivity contribution in [3.63, 3.8) is 0 Å². The highest BCUT2D eigenvalue weighted by Gasteiger charge is 2.64. The highest BCUT2D eigenvalue weighted by Crippen LogP contribution is 2.56. The Labute approximate surface area is 207 Å². The van der Waals surface area contributed by atoms with Gasteiger partial charge in [-0.3, -0.25) is 19.2 Å². The zero-order valence-corrected chi connectivity index (χ0v) is 20.1. The highest BCUT2D eigenvalue weighted by molar-refractivity contribution is 6.19. The predicted octanol–water partition coefficient (Wildman–Crippen LogP) is 0.216. The molecule has 0 spiro atoms. The van der Waals surface area contributed by atoms with Crippen molar-refractivity contribution in [1.29, 1.82) is 0 Å². The van der Waals surface area contributed by atoms with Crippen LogP contribution in [-0.4, -0.2) is 68.1 Å². The number of anilines is 1. The lowest BCUT2D eigenvalue weighted by Gasteiger charge is -2.51. The maximum atomic E-state index is 13.7. The molecule has 11 nitrogen and oxygen atoms in total. The van der Waals surface area contributed by atoms with E-state index in [1.54, 1.807) is 6.92 Å². The lowest BCUT2D eigenvalue weighted by Crippen LogP contribution is -2.62. The average Bonchev–Trinajstić information content (AvgIpc) is 2.81. The zero-order chi connectivity index (χ0) is 26.6. The van der Waals surface area contributed by atoms with E-state index in [9.17, 15) is 39.6 Å². The number of ketones is 2. The molecule has 1 aromatic rings. The van der Waals surface area contributed by atoms with Crippen LogP contribution in [0.1, 0.15) is 55.5 Å². The molecule has 1 saturated carbocycles. The Morgan fingerprint density at radius 2 is 1.94 bits per heavy atom. The molecule has 0 bridgehead atoms. The van der Waals surface area contributed by atoms with E-state index in [0.29, 0.717) is 6.54 Å². The first-order valence-electron chi connectivity index (χ1n) is 12.0. The van der Waals surface area contributed by atoms with Crippen LogP contribution in [0.3, 0.4) is 0 Å². The molecular formula is C25H31N3O8. The van der Waals surface area contributed by atoms with Crippen LogP contribution in [0.15, 0.2) is 23.5 Å². The number of hydrogen-bond donors (Lipinski definition) is 7. The summed E-state index contributed by atoms with van der Waals surface area (Å²) in [6, 6.07) is 2.30. The number of benzene rings is 1. The van der Waals surface area contributed by atoms with Crippen molar-refractivity contribution in [2.75, 3.05) is 11.9 Å². The van der Waals surface area contributed by atoms with Gasteiger partial charge in [0.1, 0.15) is 5.76 Å². The molecule has 3 aliphatic rings. The third-order valence-corrected chi connectivity index (χ3v) is 7.70. The van der Waals surface area contributed by atoms with Gasteiger partial charge in [0.15, 0.2) is 22.9 Å². The quantitative estimate of drug-likeness (QED) is 0.266. The van der Waals surface area contributed by atoms with Crippen LogP contribution in [0.4, 0.5) is 5.69 Å². The van der Waals surface area contributed by atoms with Gasteiger partial charge >= 0.3 is 0 Å². The smallest absolute Gasteiger partial charge is 0.241 e. The second-order valence-electron chi connectivity index (χ2n) is 10.0. The summed E-state index contributed by atoms with van der Waals surface area (Å²) in [5.41, 5.74) is 0.950. The van der Waals surface area contributed by atoms with Crippen molar-refractivity contribution >= 4 is 29.1 Å². The fourth-order valence-corrected chi connectivity index (χ4v) is 5.75. The number of carbonyl (C=O) groups is 4. The number of hydrogen-bond acceptors (Lipinski definition) is 9. The van der Waals surface area contributed by atoms with E-state index in [-0.39, 0.29) is 36.1 Å². The van der Waals surface area contributed by atoms with Gasteiger partial charge in [0.05, 0.1) is 34.4 Å². The number of carbonyl (C=O) groups excluding carboxylic acids is 4. The summed E-state index contributed by atoms with van der Waals surface area (Å²) >= 11 is 0. The first-order chi connectivity index (χ1) is 16.9. The lowest BCUT2D eigenvalue weighted by molar-refractivity contribution is -0.159. The molecule has 0 radical (unpaired) electrons. The molecule has 2 amide bonds. The van der Waals surface area contributed by atoms with E-state index in [0.717, 1.165) is 6.42 Å². The minimum atomic E-state index is -2.46. The average molecular weight is 502 g/mol. The topological polar surface area (TPSA) is 199 Å². The van der Waals surface area contributed by atoms with E-state index < -0.39 is 76.0 Å². The van der Waals surface area contributed by atoms with Crippen LogP contribution in [0.5, 0.6) is 5.75 Å². The molecule has 11 heteroatoms. The summed E-state index contributed by atoms with van der Waals surface area (Å²) in [5, 5.41) is 49.0. The Morgan fingerprint density at radius 1 is 1.25 bits per heavy atom. The van der Waals surface area contributed by atoms with E-state index in [1.807, 2.05) is 6.92 Å². The maximum absolute atomic E-state index is 13.7. The SMILES string of the molecule is CCCNC(C)C(=O)Nc1ccc2c(c1O)C(=O)C1=C(O)C3(O)C(=O)CC(O)CC3CC1(C(N)=O)C2. The molecule has 3 aliphatic carbocycles. The van der Waals surface area contributed by atoms with Crippen LogP contribution in [0, 0.1) is 11.3 Å². The van der Waals surface area contributed by atoms with Crippen molar-refractivity contribution < 1.29 is 39.6 Å². The number of primary amides is 1. The molecule has 0 heterocycles. The van der Waals surface area contributed by atoms with Gasteiger partial charge in [-0.2, -0.15) is 0 Å². The Bertz CT molecular complexity index is 1190. The summed E-state index contributed by atoms with van der Waals surface area (Å²) in [6.07, 6.45) is -1.19. The fourth-order valence-electron chi connectivity index (χ4n) is 5.75. The number of phenolic OH excluding ortho intramolecular Hbond substituents is 1. The second-order valence-corrected chi connectivity index (χ2v) is 10.0. The first-order valence-corrected chi connectivity index (χ1v) is 12.0. The molecule has 1 aromatic carbocycles. The second kappa shape index (κ2) is 8.99. The molecule has 36 heavy (non-hydrogen) atoms. The number of aliphatic hydroxyl groups is 3. The van der Waals surface area contributed by atoms with Gasteiger partial charge in [0, 0.05) is 12.3 Å². The number of aliphatic hydroxyl groups excluding tert-OH is 2. The predicted molar refractivity (Wildman–Crippen MR) is 127 cm³/mol. The number of nitrogens with two attached hydrogens (primary N) is 1. The fraction of sp³-hybridized carbons (Fsp3) is 0.520. The van der Waals surface area contributed by atoms with E-state index in [1.165, 1.54) is 12.1 Å². The van der Waals surface area contributed by atoms with Crippen LogP contribution in [0.25, 0.3) is 0 Å². The van der Waals surface area contributed by atoms with Gasteiger partial charge in [-0.05, 0) is 50.8 Å². The Hall–Kier alpha value is -3.28. The van der Waals surface area contributed by atoms with Gasteiger partial charge in [-0.15, -0.1) is 0 Å². The Balaban J connectivity index is 1.81. The van der Waals surface area contributed by atoms with E-state index in [4.69, 9.17) is 5.73 Å². The van der Waals surface area contributed by atoms with E-state index >= 15 is 0 Å². The minimum absolute atomic E-state index is 0.0480. The molecular weight excluding hydrogens is 470 g/mol. The van der Waals surface area contributed by atoms with Crippen LogP contribution in [0.2, 0.25) is 0 Å². The van der Waals surface area contributed by atoms with E-state index in [2.05, 4.69) is 10.6 Å². The molecule has 0 aromatic heterocycles. The highest BCUT2D eigenvalue weighted by atomic mass is 16.3. The number of fused-ring (bicyclic) bond motifs is 3. The summed E-state index contributed by atoms with van der Waals surface area (Å²) in [7, 11) is 0. The molecule has 0 saturated heterocycles. The molecule has 8 N–H and O–H groups in total. The minimum Gasteiger partial charge on any atom is -0.508 e. The molecule has 5 unspecified atom stereocenters. The maximum Gasteiger partial charge on any atom is 0.241 e. The summed E-state index contributed by atoms with van der Waals surface area (Å²) in [6.45, 7) is 4.19. The van der Waals surface area contributed by atoms with Crippen molar-refractivity contribution in [2.24, 2.45) is 17.1 Å². The number of rotatable bonds is 6. The van der Waals surface area contributed by atoms with Crippen molar-refractivity contribution in [2.45, 2.75) is 63.7 Å². The number of amides is 2. The zero-order valence-electron chi connectivity index (χ0n) is 20.1. The van der Waals surface area contributed by atoms with Crippen LogP contribution < -0.4 is 16.4 Å². The standard InChI is InChI=1S/C25H31N3O8/c1-3-6-27-11(2)22(34)28-15-5-4-12-9-24(23(26)35)10-13-7-14(29)8-16(30)25(13,36)21(33)18(24)20(32)17(12)19(15)31/h4-5,11,13-14,27,29,31,33,36H,3,6-10H2,1-2H3,(H2,26,35)(H,28,34). The normalized spacial score (nSPS) is 30.2. The lowest BCUT2D eigenvalue weighted by atomic mass is 9.53. The first kappa shape index (κ1) is 25.8. The van der Waals surface area contributed by atoms with Gasteiger partial charge < -0.3 is 36.8 Å². The molecule has 5 atom stereocenters. The third kappa shape index (κ3) is 3.69. The Morgan fingerprint density at radius 3 is 2.58 bits per heavy atom. The third-order valence-electron chi connectivity index (χ3n) is 7.70. The molecule has 4 rings (SSSR count). The number of phenols is 1. The number of aromatic hydroxyl groups is 1. The van der Waals surface area contributed by atoms with Crippen molar-refractivity contribution in [3.05, 3.63) is 34.6 Å². The molecule has 0 aliphatic heterocycles. The number of nitrogens with one attached hydrogen (secondary N) is 2. The van der Waals surface area contributed by atoms with Crippen LogP contribution >= 0.6 is 0 Å². The summed E-state index contributed by atoms with van der Waals surface area (Å²) < 4.78 is 0. The van der Waals surface area contributed by atoms with Gasteiger partial charge in [0.25, 0.3) is 0 Å². The van der Waals surface area contributed by atoms with Gasteiger partial charge in [-0.25, -0.2) is 0 Å². The molecule has 1 fully saturated rings. The molecule has 194 valence electrons. The van der Waals surface area contributed by atoms with Gasteiger partial charge in [0.2, 0.25) is 11.8 Å². The van der Waals surface area contributed by atoms with Crippen molar-refractivity contribution in [1.82, 2.24) is 5.32 Å². The number of Topliss-reactive ketones (excluding diaryl/α,β-unsaturated/α-hetero) is 2. The monoisotopic (exact) mass is 501 g/mol. The van der Waals surface area contributed by atoms with Crippen LogP contribution in [-0.2, 0) is 20.8 Å². The summed E-state index contributed by atoms with van der Waals surface area (Å²) in [5.74, 6) is -5.80.